The third-order valence-electron chi connectivity index (χ3n) is 4.42. The minimum Gasteiger partial charge on any atom is -0.406 e. The van der Waals surface area contributed by atoms with Crippen LogP contribution in [0.3, 0.4) is 0 Å². The van der Waals surface area contributed by atoms with Crippen molar-refractivity contribution in [3.8, 4) is 5.75 Å². The number of rotatable bonds is 6. The van der Waals surface area contributed by atoms with Crippen LogP contribution in [0.5, 0.6) is 5.75 Å². The highest BCUT2D eigenvalue weighted by Crippen LogP contribution is 2.23. The normalized spacial score (nSPS) is 17.3. The number of alkyl halides is 3. The number of benzene rings is 1. The molecule has 1 aliphatic heterocycles. The van der Waals surface area contributed by atoms with Gasteiger partial charge in [-0.1, -0.05) is 18.2 Å². The van der Waals surface area contributed by atoms with Gasteiger partial charge in [0.1, 0.15) is 5.75 Å². The topological polar surface area (TPSA) is 66.5 Å². The fraction of sp³-hybridized carbons (Fsp3) is 0.368. The van der Waals surface area contributed by atoms with Gasteiger partial charge in [-0.15, -0.1) is 25.6 Å². The number of halogens is 4. The maximum atomic E-state index is 12.4. The van der Waals surface area contributed by atoms with Gasteiger partial charge in [-0.25, -0.2) is 0 Å². The largest absolute Gasteiger partial charge is 0.573 e. The van der Waals surface area contributed by atoms with Gasteiger partial charge in [-0.05, 0) is 29.3 Å². The summed E-state index contributed by atoms with van der Waals surface area (Å²) in [6.45, 7) is 2.73. The predicted molar refractivity (Wildman–Crippen MR) is 104 cm³/mol. The average molecular weight is 431 g/mol. The Morgan fingerprint density at radius 1 is 1.28 bits per heavy atom. The molecule has 3 rings (SSSR count). The molecular formula is C19H22ClF3N4O2. The molecule has 1 aliphatic rings. The van der Waals surface area contributed by atoms with Crippen LogP contribution in [0.2, 0.25) is 0 Å². The van der Waals surface area contributed by atoms with E-state index in [1.54, 1.807) is 12.4 Å². The standard InChI is InChI=1S/C19H21F3N4O2.ClH/c20-19(21,22)28-16-5-3-14(4-6-16)10-25-18(27)13-26-9-8-24-12-17(26)15-2-1-7-23-11-15;/h1-7,11,17,24H,8-10,12-13H2,(H,25,27);1H. The minimum atomic E-state index is -4.72. The molecule has 2 aromatic rings. The maximum absolute atomic E-state index is 12.4. The van der Waals surface area contributed by atoms with Crippen molar-refractivity contribution < 1.29 is 22.7 Å². The number of amides is 1. The van der Waals surface area contributed by atoms with Crippen molar-refractivity contribution in [3.05, 3.63) is 59.9 Å². The van der Waals surface area contributed by atoms with E-state index in [0.29, 0.717) is 5.56 Å². The van der Waals surface area contributed by atoms with E-state index in [1.807, 2.05) is 12.1 Å². The second kappa shape index (κ2) is 10.4. The maximum Gasteiger partial charge on any atom is 0.573 e. The van der Waals surface area contributed by atoms with Crippen molar-refractivity contribution in [2.45, 2.75) is 18.9 Å². The average Bonchev–Trinajstić information content (AvgIpc) is 2.67. The van der Waals surface area contributed by atoms with E-state index in [9.17, 15) is 18.0 Å². The van der Waals surface area contributed by atoms with Gasteiger partial charge in [0.2, 0.25) is 5.91 Å². The summed E-state index contributed by atoms with van der Waals surface area (Å²) in [4.78, 5) is 18.6. The van der Waals surface area contributed by atoms with Crippen LogP contribution in [-0.4, -0.2) is 48.3 Å². The molecule has 0 aliphatic carbocycles. The van der Waals surface area contributed by atoms with Crippen molar-refractivity contribution in [1.29, 1.82) is 0 Å². The minimum absolute atomic E-state index is 0. The molecule has 29 heavy (non-hydrogen) atoms. The second-order valence-corrected chi connectivity index (χ2v) is 6.45. The lowest BCUT2D eigenvalue weighted by Crippen LogP contribution is -2.49. The molecule has 1 amide bonds. The number of hydrogen-bond acceptors (Lipinski definition) is 5. The SMILES string of the molecule is Cl.O=C(CN1CCNCC1c1cccnc1)NCc1ccc(OC(F)(F)F)cc1. The second-order valence-electron chi connectivity index (χ2n) is 6.45. The first-order valence-electron chi connectivity index (χ1n) is 8.87. The molecule has 2 N–H and O–H groups in total. The Labute approximate surface area is 172 Å². The zero-order valence-corrected chi connectivity index (χ0v) is 16.3. The summed E-state index contributed by atoms with van der Waals surface area (Å²) in [6, 6.07) is 9.35. The number of carbonyl (C=O) groups excluding carboxylic acids is 1. The lowest BCUT2D eigenvalue weighted by Gasteiger charge is -2.35. The van der Waals surface area contributed by atoms with Gasteiger partial charge in [0.15, 0.2) is 0 Å². The molecule has 0 spiro atoms. The number of carbonyl (C=O) groups is 1. The van der Waals surface area contributed by atoms with Crippen LogP contribution in [0.1, 0.15) is 17.2 Å². The highest BCUT2D eigenvalue weighted by molar-refractivity contribution is 5.85. The fourth-order valence-electron chi connectivity index (χ4n) is 3.09. The smallest absolute Gasteiger partial charge is 0.406 e. The van der Waals surface area contributed by atoms with E-state index in [-0.39, 0.29) is 43.2 Å². The first kappa shape index (κ1) is 22.9. The van der Waals surface area contributed by atoms with E-state index in [1.165, 1.54) is 24.3 Å². The van der Waals surface area contributed by atoms with Crippen LogP contribution >= 0.6 is 12.4 Å². The number of hydrogen-bond donors (Lipinski definition) is 2. The molecule has 1 unspecified atom stereocenters. The summed E-state index contributed by atoms with van der Waals surface area (Å²) in [6.07, 6.45) is -1.21. The van der Waals surface area contributed by atoms with Crippen molar-refractivity contribution >= 4 is 18.3 Å². The van der Waals surface area contributed by atoms with Gasteiger partial charge >= 0.3 is 6.36 Å². The molecule has 1 aromatic heterocycles. The fourth-order valence-corrected chi connectivity index (χ4v) is 3.09. The van der Waals surface area contributed by atoms with Gasteiger partial charge in [0.25, 0.3) is 0 Å². The monoisotopic (exact) mass is 430 g/mol. The van der Waals surface area contributed by atoms with Crippen molar-refractivity contribution in [2.24, 2.45) is 0 Å². The Bertz CT molecular complexity index is 775. The zero-order chi connectivity index (χ0) is 20.0. The van der Waals surface area contributed by atoms with Gasteiger partial charge in [-0.2, -0.15) is 0 Å². The quantitative estimate of drug-likeness (QED) is 0.737. The summed E-state index contributed by atoms with van der Waals surface area (Å²) in [5, 5.41) is 6.13. The van der Waals surface area contributed by atoms with Gasteiger partial charge in [0.05, 0.1) is 6.54 Å². The van der Waals surface area contributed by atoms with Crippen LogP contribution in [0, 0.1) is 0 Å². The molecule has 0 radical (unpaired) electrons. The van der Waals surface area contributed by atoms with E-state index in [4.69, 9.17) is 0 Å². The first-order valence-corrected chi connectivity index (χ1v) is 8.87. The summed E-state index contributed by atoms with van der Waals surface area (Å²) in [5.74, 6) is -0.436. The number of aromatic nitrogens is 1. The van der Waals surface area contributed by atoms with E-state index >= 15 is 0 Å². The molecule has 0 bridgehead atoms. The number of ether oxygens (including phenoxy) is 1. The molecular weight excluding hydrogens is 409 g/mol. The Kier molecular flexibility index (Phi) is 8.24. The van der Waals surface area contributed by atoms with Crippen LogP contribution < -0.4 is 15.4 Å². The summed E-state index contributed by atoms with van der Waals surface area (Å²) < 4.78 is 40.4. The molecule has 1 aromatic carbocycles. The summed E-state index contributed by atoms with van der Waals surface area (Å²) >= 11 is 0. The third kappa shape index (κ3) is 7.19. The van der Waals surface area contributed by atoms with E-state index in [2.05, 4.69) is 25.3 Å². The molecule has 0 saturated carbocycles. The van der Waals surface area contributed by atoms with Crippen molar-refractivity contribution in [1.82, 2.24) is 20.5 Å². The van der Waals surface area contributed by atoms with Crippen LogP contribution in [0.4, 0.5) is 13.2 Å². The molecule has 158 valence electrons. The van der Waals surface area contributed by atoms with Crippen LogP contribution in [0.25, 0.3) is 0 Å². The van der Waals surface area contributed by atoms with Gasteiger partial charge in [0, 0.05) is 44.6 Å². The van der Waals surface area contributed by atoms with E-state index in [0.717, 1.165) is 25.2 Å². The van der Waals surface area contributed by atoms with Gasteiger partial charge < -0.3 is 15.4 Å². The lowest BCUT2D eigenvalue weighted by molar-refractivity contribution is -0.274. The number of piperazine rings is 1. The number of nitrogens with one attached hydrogen (secondary N) is 2. The first-order chi connectivity index (χ1) is 13.4. The number of pyridine rings is 1. The lowest BCUT2D eigenvalue weighted by atomic mass is 10.1. The third-order valence-corrected chi connectivity index (χ3v) is 4.42. The Hall–Kier alpha value is -2.36. The molecule has 1 fully saturated rings. The number of nitrogens with zero attached hydrogens (tertiary/aromatic N) is 2. The highest BCUT2D eigenvalue weighted by atomic mass is 35.5. The Morgan fingerprint density at radius 2 is 2.03 bits per heavy atom. The zero-order valence-electron chi connectivity index (χ0n) is 15.5. The van der Waals surface area contributed by atoms with Crippen LogP contribution in [0.15, 0.2) is 48.8 Å². The Morgan fingerprint density at radius 3 is 2.69 bits per heavy atom. The molecule has 6 nitrogen and oxygen atoms in total. The van der Waals surface area contributed by atoms with E-state index < -0.39 is 6.36 Å². The summed E-state index contributed by atoms with van der Waals surface area (Å²) in [7, 11) is 0. The Balaban J connectivity index is 0.00000300. The molecule has 2 heterocycles. The van der Waals surface area contributed by atoms with Gasteiger partial charge in [-0.3, -0.25) is 14.7 Å². The predicted octanol–water partition coefficient (Wildman–Crippen LogP) is 2.66. The summed E-state index contributed by atoms with van der Waals surface area (Å²) in [5.41, 5.74) is 1.73. The molecule has 10 heteroatoms. The highest BCUT2D eigenvalue weighted by Gasteiger charge is 2.31. The van der Waals surface area contributed by atoms with Crippen molar-refractivity contribution in [3.63, 3.8) is 0 Å². The molecule has 1 saturated heterocycles. The molecule has 1 atom stereocenters. The van der Waals surface area contributed by atoms with Crippen molar-refractivity contribution in [2.75, 3.05) is 26.2 Å². The van der Waals surface area contributed by atoms with Crippen LogP contribution in [-0.2, 0) is 11.3 Å².